The Kier molecular flexibility index (Phi) is 7.62. The van der Waals surface area contributed by atoms with E-state index in [1.54, 1.807) is 18.2 Å². The van der Waals surface area contributed by atoms with Gasteiger partial charge in [0.05, 0.1) is 0 Å². The molecule has 0 aliphatic rings. The molecule has 3 aromatic rings. The molecule has 0 aliphatic heterocycles. The largest absolute Gasteiger partial charge is 0.357 e. The van der Waals surface area contributed by atoms with Gasteiger partial charge in [-0.05, 0) is 68.8 Å². The van der Waals surface area contributed by atoms with E-state index in [9.17, 15) is 4.79 Å². The van der Waals surface area contributed by atoms with E-state index in [1.165, 1.54) is 6.08 Å². The number of nitrogens with one attached hydrogen (secondary N) is 2. The maximum Gasteiger partial charge on any atom is 0.248 e. The van der Waals surface area contributed by atoms with Gasteiger partial charge in [-0.1, -0.05) is 23.7 Å². The lowest BCUT2D eigenvalue weighted by molar-refractivity contribution is -0.111. The summed E-state index contributed by atoms with van der Waals surface area (Å²) in [7, 11) is 0. The van der Waals surface area contributed by atoms with Crippen molar-refractivity contribution < 1.29 is 4.79 Å². The lowest BCUT2D eigenvalue weighted by Crippen LogP contribution is -2.23. The molecule has 0 bridgehead atoms. The highest BCUT2D eigenvalue weighted by Crippen LogP contribution is 2.21. The average molecular weight is 436 g/mol. The van der Waals surface area contributed by atoms with Crippen molar-refractivity contribution in [2.24, 2.45) is 0 Å². The Morgan fingerprint density at radius 1 is 1.00 bits per heavy atom. The fourth-order valence-electron chi connectivity index (χ4n) is 3.04. The Morgan fingerprint density at radius 3 is 2.29 bits per heavy atom. The molecule has 1 aromatic heterocycles. The van der Waals surface area contributed by atoms with E-state index >= 15 is 0 Å². The zero-order valence-corrected chi connectivity index (χ0v) is 18.6. The van der Waals surface area contributed by atoms with E-state index in [0.717, 1.165) is 36.0 Å². The summed E-state index contributed by atoms with van der Waals surface area (Å²) in [6.45, 7) is 7.85. The van der Waals surface area contributed by atoms with Crippen LogP contribution in [0.4, 0.5) is 23.0 Å². The van der Waals surface area contributed by atoms with Crippen LogP contribution in [-0.2, 0) is 4.79 Å². The first-order valence-corrected chi connectivity index (χ1v) is 10.6. The number of halogens is 1. The fourth-order valence-corrected chi connectivity index (χ4v) is 3.17. The third-order valence-electron chi connectivity index (χ3n) is 4.63. The number of carbonyl (C=O) groups excluding carboxylic acids is 1. The van der Waals surface area contributed by atoms with Gasteiger partial charge in [0.2, 0.25) is 5.91 Å². The number of hydrogen-bond donors (Lipinski definition) is 2. The van der Waals surface area contributed by atoms with Crippen LogP contribution in [0.5, 0.6) is 0 Å². The summed E-state index contributed by atoms with van der Waals surface area (Å²) < 4.78 is 0. The van der Waals surface area contributed by atoms with Crippen molar-refractivity contribution in [3.05, 3.63) is 77.1 Å². The van der Waals surface area contributed by atoms with Crippen molar-refractivity contribution in [3.8, 4) is 0 Å². The number of rotatable bonds is 8. The second-order valence-electron chi connectivity index (χ2n) is 6.91. The van der Waals surface area contributed by atoms with E-state index in [4.69, 9.17) is 11.6 Å². The molecule has 7 heteroatoms. The Labute approximate surface area is 188 Å². The minimum atomic E-state index is -0.203. The first kappa shape index (κ1) is 22.3. The molecule has 1 amide bonds. The first-order valence-electron chi connectivity index (χ1n) is 10.2. The SMILES string of the molecule is CCN(CC)c1cc(Nc2ccc(NC(=O)/C=C/c3ccc(Cl)cc3)cc2)nc(C)n1. The van der Waals surface area contributed by atoms with Gasteiger partial charge in [-0.15, -0.1) is 0 Å². The monoisotopic (exact) mass is 435 g/mol. The van der Waals surface area contributed by atoms with Crippen LogP contribution in [0.25, 0.3) is 6.08 Å². The van der Waals surface area contributed by atoms with Crippen molar-refractivity contribution in [1.29, 1.82) is 0 Å². The maximum atomic E-state index is 12.2. The van der Waals surface area contributed by atoms with Gasteiger partial charge in [0.25, 0.3) is 0 Å². The molecule has 1 heterocycles. The smallest absolute Gasteiger partial charge is 0.248 e. The lowest BCUT2D eigenvalue weighted by atomic mass is 10.2. The average Bonchev–Trinajstić information content (AvgIpc) is 2.75. The molecule has 160 valence electrons. The quantitative estimate of drug-likeness (QED) is 0.445. The summed E-state index contributed by atoms with van der Waals surface area (Å²) in [4.78, 5) is 23.3. The molecule has 0 unspecified atom stereocenters. The summed E-state index contributed by atoms with van der Waals surface area (Å²) in [5.74, 6) is 2.14. The molecular formula is C24H26ClN5O. The topological polar surface area (TPSA) is 70.2 Å². The molecule has 0 saturated carbocycles. The zero-order valence-electron chi connectivity index (χ0n) is 17.9. The van der Waals surface area contributed by atoms with Gasteiger partial charge in [0.1, 0.15) is 17.5 Å². The van der Waals surface area contributed by atoms with E-state index < -0.39 is 0 Å². The molecule has 31 heavy (non-hydrogen) atoms. The number of benzene rings is 2. The van der Waals surface area contributed by atoms with Crippen LogP contribution in [0.2, 0.25) is 5.02 Å². The number of hydrogen-bond acceptors (Lipinski definition) is 5. The number of aryl methyl sites for hydroxylation is 1. The molecule has 2 N–H and O–H groups in total. The van der Waals surface area contributed by atoms with Crippen molar-refractivity contribution in [2.75, 3.05) is 28.6 Å². The van der Waals surface area contributed by atoms with E-state index in [0.29, 0.717) is 16.5 Å². The minimum absolute atomic E-state index is 0.203. The highest BCUT2D eigenvalue weighted by atomic mass is 35.5. The summed E-state index contributed by atoms with van der Waals surface area (Å²) >= 11 is 5.87. The number of nitrogens with zero attached hydrogens (tertiary/aromatic N) is 3. The van der Waals surface area contributed by atoms with Crippen LogP contribution in [0, 0.1) is 6.92 Å². The van der Waals surface area contributed by atoms with Crippen LogP contribution in [0.15, 0.2) is 60.7 Å². The number of anilines is 4. The van der Waals surface area contributed by atoms with Gasteiger partial charge in [-0.25, -0.2) is 9.97 Å². The Balaban J connectivity index is 1.62. The summed E-state index contributed by atoms with van der Waals surface area (Å²) in [5.41, 5.74) is 2.49. The van der Waals surface area contributed by atoms with Crippen LogP contribution in [0.3, 0.4) is 0 Å². The minimum Gasteiger partial charge on any atom is -0.357 e. The predicted molar refractivity (Wildman–Crippen MR) is 129 cm³/mol. The molecule has 2 aromatic carbocycles. The van der Waals surface area contributed by atoms with Crippen LogP contribution >= 0.6 is 11.6 Å². The summed E-state index contributed by atoms with van der Waals surface area (Å²) in [6.07, 6.45) is 3.24. The van der Waals surface area contributed by atoms with E-state index in [-0.39, 0.29) is 5.91 Å². The van der Waals surface area contributed by atoms with Crippen molar-refractivity contribution in [3.63, 3.8) is 0 Å². The molecule has 0 atom stereocenters. The molecular weight excluding hydrogens is 410 g/mol. The predicted octanol–water partition coefficient (Wildman–Crippen LogP) is 5.68. The number of amides is 1. The van der Waals surface area contributed by atoms with E-state index in [2.05, 4.69) is 39.3 Å². The lowest BCUT2D eigenvalue weighted by Gasteiger charge is -2.20. The molecule has 0 radical (unpaired) electrons. The Morgan fingerprint density at radius 2 is 1.65 bits per heavy atom. The van der Waals surface area contributed by atoms with Crippen LogP contribution in [0.1, 0.15) is 25.2 Å². The van der Waals surface area contributed by atoms with Crippen molar-refractivity contribution >= 4 is 46.6 Å². The highest BCUT2D eigenvalue weighted by molar-refractivity contribution is 6.30. The van der Waals surface area contributed by atoms with Gasteiger partial charge in [0, 0.05) is 41.6 Å². The molecule has 3 rings (SSSR count). The van der Waals surface area contributed by atoms with Gasteiger partial charge >= 0.3 is 0 Å². The number of carbonyl (C=O) groups is 1. The summed E-state index contributed by atoms with van der Waals surface area (Å²) in [6, 6.07) is 16.7. The Hall–Kier alpha value is -3.38. The highest BCUT2D eigenvalue weighted by Gasteiger charge is 2.08. The third kappa shape index (κ3) is 6.55. The van der Waals surface area contributed by atoms with Crippen molar-refractivity contribution in [1.82, 2.24) is 9.97 Å². The molecule has 0 fully saturated rings. The third-order valence-corrected chi connectivity index (χ3v) is 4.89. The molecule has 6 nitrogen and oxygen atoms in total. The van der Waals surface area contributed by atoms with Gasteiger partial charge in [0.15, 0.2) is 0 Å². The van der Waals surface area contributed by atoms with Gasteiger partial charge in [-0.2, -0.15) is 0 Å². The molecule has 0 saturated heterocycles. The molecule has 0 aliphatic carbocycles. The van der Waals surface area contributed by atoms with E-state index in [1.807, 2.05) is 49.4 Å². The zero-order chi connectivity index (χ0) is 22.2. The standard InChI is InChI=1S/C24H26ClN5O/c1-4-30(5-2)23-16-22(26-17(3)27-23)28-20-11-13-21(14-12-20)29-24(31)15-8-18-6-9-19(25)10-7-18/h6-16H,4-5H2,1-3H3,(H,29,31)(H,26,27,28)/b15-8+. The second kappa shape index (κ2) is 10.6. The second-order valence-corrected chi connectivity index (χ2v) is 7.34. The van der Waals surface area contributed by atoms with Crippen LogP contribution < -0.4 is 15.5 Å². The van der Waals surface area contributed by atoms with Gasteiger partial charge < -0.3 is 15.5 Å². The number of aromatic nitrogens is 2. The maximum absolute atomic E-state index is 12.2. The fraction of sp³-hybridized carbons (Fsp3) is 0.208. The Bertz CT molecular complexity index is 1040. The first-order chi connectivity index (χ1) is 15.0. The molecule has 0 spiro atoms. The van der Waals surface area contributed by atoms with Crippen molar-refractivity contribution in [2.45, 2.75) is 20.8 Å². The normalized spacial score (nSPS) is 10.8. The van der Waals surface area contributed by atoms with Gasteiger partial charge in [-0.3, -0.25) is 4.79 Å². The summed E-state index contributed by atoms with van der Waals surface area (Å²) in [5, 5.41) is 6.82. The van der Waals surface area contributed by atoms with Crippen LogP contribution in [-0.4, -0.2) is 29.0 Å².